The molecule has 28 heavy (non-hydrogen) atoms. The Labute approximate surface area is 157 Å². The zero-order valence-corrected chi connectivity index (χ0v) is 14.6. The molecule has 0 atom stereocenters. The van der Waals surface area contributed by atoms with Crippen LogP contribution in [0.4, 0.5) is 13.2 Å². The molecule has 0 saturated heterocycles. The molecule has 144 valence electrons. The maximum absolute atomic E-state index is 12.9. The van der Waals surface area contributed by atoms with Crippen LogP contribution in [0.1, 0.15) is 17.0 Å². The number of halogens is 3. The molecule has 6 nitrogen and oxygen atoms in total. The number of imidazole rings is 1. The second-order valence-electron chi connectivity index (χ2n) is 6.13. The molecule has 1 aromatic heterocycles. The summed E-state index contributed by atoms with van der Waals surface area (Å²) in [5, 5.41) is 9.74. The third-order valence-corrected chi connectivity index (χ3v) is 4.31. The summed E-state index contributed by atoms with van der Waals surface area (Å²) in [6.45, 7) is 0. The van der Waals surface area contributed by atoms with E-state index in [-0.39, 0.29) is 5.75 Å². The summed E-state index contributed by atoms with van der Waals surface area (Å²) in [7, 11) is 1.45. The Hall–Kier alpha value is -3.62. The van der Waals surface area contributed by atoms with Crippen molar-refractivity contribution in [1.29, 1.82) is 0 Å². The number of nitrogens with zero attached hydrogens (tertiary/aromatic N) is 1. The fourth-order valence-electron chi connectivity index (χ4n) is 2.88. The molecule has 0 unspecified atom stereocenters. The molecule has 2 heterocycles. The SMILES string of the molecule is COc1cc(C2=CC(c3nc4ccc(C(F)(F)F)cc4[nH]3)=CNN2)ccc1O. The first-order chi connectivity index (χ1) is 13.3. The maximum Gasteiger partial charge on any atom is 0.416 e. The van der Waals surface area contributed by atoms with Crippen LogP contribution in [0.2, 0.25) is 0 Å². The number of rotatable bonds is 3. The molecule has 1 aliphatic rings. The third kappa shape index (κ3) is 3.22. The standard InChI is InChI=1S/C19H15F3N4O2/c1-28-17-7-10(2-5-16(17)27)14-6-11(9-23-26-14)18-24-13-4-3-12(19(20,21)22)8-15(13)25-18/h2-9,23,26-27H,1H3,(H,24,25). The van der Waals surface area contributed by atoms with E-state index in [0.717, 1.165) is 17.7 Å². The van der Waals surface area contributed by atoms with Crippen LogP contribution in [-0.4, -0.2) is 22.2 Å². The molecule has 0 radical (unpaired) electrons. The van der Waals surface area contributed by atoms with Crippen molar-refractivity contribution in [3.8, 4) is 11.5 Å². The van der Waals surface area contributed by atoms with E-state index < -0.39 is 11.7 Å². The van der Waals surface area contributed by atoms with Gasteiger partial charge in [-0.3, -0.25) is 0 Å². The number of fused-ring (bicyclic) bond motifs is 1. The van der Waals surface area contributed by atoms with E-state index in [4.69, 9.17) is 4.74 Å². The summed E-state index contributed by atoms with van der Waals surface area (Å²) >= 11 is 0. The smallest absolute Gasteiger partial charge is 0.416 e. The molecule has 2 aromatic carbocycles. The molecular weight excluding hydrogens is 373 g/mol. The van der Waals surface area contributed by atoms with E-state index >= 15 is 0 Å². The van der Waals surface area contributed by atoms with Gasteiger partial charge in [-0.1, -0.05) is 0 Å². The van der Waals surface area contributed by atoms with Crippen molar-refractivity contribution < 1.29 is 23.0 Å². The second kappa shape index (κ2) is 6.52. The van der Waals surface area contributed by atoms with Gasteiger partial charge in [0.05, 0.1) is 29.4 Å². The Bertz CT molecular complexity index is 1120. The summed E-state index contributed by atoms with van der Waals surface area (Å²) in [6.07, 6.45) is -0.992. The summed E-state index contributed by atoms with van der Waals surface area (Å²) in [6, 6.07) is 8.25. The highest BCUT2D eigenvalue weighted by Crippen LogP contribution is 2.32. The zero-order chi connectivity index (χ0) is 19.9. The summed E-state index contributed by atoms with van der Waals surface area (Å²) in [5.41, 5.74) is 7.92. The molecule has 4 N–H and O–H groups in total. The van der Waals surface area contributed by atoms with Gasteiger partial charge in [-0.25, -0.2) is 4.98 Å². The van der Waals surface area contributed by atoms with Gasteiger partial charge in [-0.2, -0.15) is 13.2 Å². The van der Waals surface area contributed by atoms with Crippen LogP contribution in [0.15, 0.2) is 48.7 Å². The number of alkyl halides is 3. The lowest BCUT2D eigenvalue weighted by Crippen LogP contribution is -2.28. The number of nitrogens with one attached hydrogen (secondary N) is 3. The van der Waals surface area contributed by atoms with Gasteiger partial charge in [0.15, 0.2) is 11.5 Å². The Morgan fingerprint density at radius 1 is 1.11 bits per heavy atom. The highest BCUT2D eigenvalue weighted by Gasteiger charge is 2.30. The van der Waals surface area contributed by atoms with Gasteiger partial charge in [0.1, 0.15) is 5.82 Å². The molecule has 0 saturated carbocycles. The molecule has 9 heteroatoms. The molecule has 4 rings (SSSR count). The normalized spacial score (nSPS) is 14.1. The number of aromatic amines is 1. The van der Waals surface area contributed by atoms with Gasteiger partial charge >= 0.3 is 6.18 Å². The lowest BCUT2D eigenvalue weighted by molar-refractivity contribution is -0.137. The average Bonchev–Trinajstić information content (AvgIpc) is 3.11. The van der Waals surface area contributed by atoms with E-state index in [1.54, 1.807) is 24.4 Å². The lowest BCUT2D eigenvalue weighted by atomic mass is 10.1. The highest BCUT2D eigenvalue weighted by molar-refractivity contribution is 5.86. The molecular formula is C19H15F3N4O2. The lowest BCUT2D eigenvalue weighted by Gasteiger charge is -2.17. The van der Waals surface area contributed by atoms with Crippen molar-refractivity contribution in [3.05, 3.63) is 65.6 Å². The van der Waals surface area contributed by atoms with E-state index in [1.165, 1.54) is 19.2 Å². The molecule has 0 amide bonds. The van der Waals surface area contributed by atoms with Crippen molar-refractivity contribution >= 4 is 22.3 Å². The van der Waals surface area contributed by atoms with Crippen molar-refractivity contribution in [2.75, 3.05) is 7.11 Å². The highest BCUT2D eigenvalue weighted by atomic mass is 19.4. The van der Waals surface area contributed by atoms with Crippen LogP contribution in [0.25, 0.3) is 22.3 Å². The second-order valence-corrected chi connectivity index (χ2v) is 6.13. The quantitative estimate of drug-likeness (QED) is 0.549. The minimum Gasteiger partial charge on any atom is -0.504 e. The first kappa shape index (κ1) is 17.8. The molecule has 1 aliphatic heterocycles. The minimum atomic E-state index is -4.42. The number of hydrogen-bond acceptors (Lipinski definition) is 5. The van der Waals surface area contributed by atoms with Crippen LogP contribution < -0.4 is 15.6 Å². The number of H-pyrrole nitrogens is 1. The third-order valence-electron chi connectivity index (χ3n) is 4.31. The predicted molar refractivity (Wildman–Crippen MR) is 98.0 cm³/mol. The number of benzene rings is 2. The Morgan fingerprint density at radius 3 is 2.68 bits per heavy atom. The molecule has 0 spiro atoms. The zero-order valence-electron chi connectivity index (χ0n) is 14.6. The summed E-state index contributed by atoms with van der Waals surface area (Å²) in [5.74, 6) is 0.760. The van der Waals surface area contributed by atoms with Gasteiger partial charge in [0.25, 0.3) is 0 Å². The number of hydrazine groups is 1. The first-order valence-electron chi connectivity index (χ1n) is 8.23. The van der Waals surface area contributed by atoms with Crippen molar-refractivity contribution in [3.63, 3.8) is 0 Å². The fraction of sp³-hybridized carbons (Fsp3) is 0.105. The molecule has 0 bridgehead atoms. The van der Waals surface area contributed by atoms with Crippen LogP contribution in [0.3, 0.4) is 0 Å². The minimum absolute atomic E-state index is 0.0177. The number of ether oxygens (including phenoxy) is 1. The molecule has 0 aliphatic carbocycles. The van der Waals surface area contributed by atoms with E-state index in [9.17, 15) is 18.3 Å². The predicted octanol–water partition coefficient (Wildman–Crippen LogP) is 3.79. The summed E-state index contributed by atoms with van der Waals surface area (Å²) in [4.78, 5) is 7.29. The van der Waals surface area contributed by atoms with Crippen LogP contribution >= 0.6 is 0 Å². The van der Waals surface area contributed by atoms with Crippen LogP contribution in [-0.2, 0) is 6.18 Å². The maximum atomic E-state index is 12.9. The number of methoxy groups -OCH3 is 1. The van der Waals surface area contributed by atoms with Crippen LogP contribution in [0, 0.1) is 0 Å². The van der Waals surface area contributed by atoms with E-state index in [0.29, 0.717) is 33.9 Å². The Kier molecular flexibility index (Phi) is 4.14. The largest absolute Gasteiger partial charge is 0.504 e. The van der Waals surface area contributed by atoms with Gasteiger partial charge < -0.3 is 25.7 Å². The van der Waals surface area contributed by atoms with Gasteiger partial charge in [-0.05, 0) is 42.5 Å². The van der Waals surface area contributed by atoms with Gasteiger partial charge in [0, 0.05) is 17.3 Å². The van der Waals surface area contributed by atoms with E-state index in [2.05, 4.69) is 20.8 Å². The van der Waals surface area contributed by atoms with Gasteiger partial charge in [-0.15, -0.1) is 0 Å². The van der Waals surface area contributed by atoms with Crippen molar-refractivity contribution in [1.82, 2.24) is 20.8 Å². The number of aromatic nitrogens is 2. The van der Waals surface area contributed by atoms with E-state index in [1.807, 2.05) is 0 Å². The van der Waals surface area contributed by atoms with Crippen molar-refractivity contribution in [2.24, 2.45) is 0 Å². The monoisotopic (exact) mass is 388 g/mol. The number of phenols is 1. The van der Waals surface area contributed by atoms with Gasteiger partial charge in [0.2, 0.25) is 0 Å². The topological polar surface area (TPSA) is 82.2 Å². The average molecular weight is 388 g/mol. The fourth-order valence-corrected chi connectivity index (χ4v) is 2.88. The Morgan fingerprint density at radius 2 is 1.93 bits per heavy atom. The number of hydrogen-bond donors (Lipinski definition) is 4. The molecule has 3 aromatic rings. The van der Waals surface area contributed by atoms with Crippen LogP contribution in [0.5, 0.6) is 11.5 Å². The Balaban J connectivity index is 1.70. The number of aromatic hydroxyl groups is 1. The summed E-state index contributed by atoms with van der Waals surface area (Å²) < 4.78 is 43.8. The first-order valence-corrected chi connectivity index (χ1v) is 8.23. The molecule has 0 fully saturated rings. The van der Waals surface area contributed by atoms with Crippen molar-refractivity contribution in [2.45, 2.75) is 6.18 Å². The number of allylic oxidation sites excluding steroid dienone is 2. The number of phenolic OH excluding ortho intramolecular Hbond substituents is 1.